The lowest BCUT2D eigenvalue weighted by molar-refractivity contribution is 0.0498. The van der Waals surface area contributed by atoms with Gasteiger partial charge in [-0.15, -0.1) is 0 Å². The first kappa shape index (κ1) is 18.1. The molecule has 0 rings (SSSR count). The number of nitrogens with one attached hydrogen (secondary N) is 2. The maximum atomic E-state index is 11.7. The van der Waals surface area contributed by atoms with Crippen LogP contribution in [0.4, 0.5) is 4.79 Å². The fourth-order valence-electron chi connectivity index (χ4n) is 1.53. The molecule has 0 saturated carbocycles. The molecule has 0 spiro atoms. The monoisotopic (exact) mass is 274 g/mol. The van der Waals surface area contributed by atoms with Crippen molar-refractivity contribution in [2.45, 2.75) is 45.4 Å². The molecule has 1 amide bonds. The van der Waals surface area contributed by atoms with Gasteiger partial charge in [-0.25, -0.2) is 4.79 Å². The number of rotatable bonds is 7. The van der Waals surface area contributed by atoms with Crippen molar-refractivity contribution in [3.63, 3.8) is 0 Å². The number of amides is 1. The van der Waals surface area contributed by atoms with E-state index in [1.807, 2.05) is 41.8 Å². The van der Waals surface area contributed by atoms with Crippen molar-refractivity contribution < 1.29 is 9.53 Å². The Morgan fingerprint density at radius 3 is 2.37 bits per heavy atom. The number of carbonyl (C=O) groups is 1. The molecule has 6 nitrogen and oxygen atoms in total. The second-order valence-electron chi connectivity index (χ2n) is 6.03. The third-order valence-corrected chi connectivity index (χ3v) is 2.57. The molecular weight excluding hydrogens is 244 g/mol. The van der Waals surface area contributed by atoms with Crippen molar-refractivity contribution in [3.05, 3.63) is 0 Å². The predicted molar refractivity (Wildman–Crippen MR) is 78.2 cm³/mol. The van der Waals surface area contributed by atoms with Crippen molar-refractivity contribution in [3.8, 4) is 0 Å². The molecule has 0 aliphatic heterocycles. The summed E-state index contributed by atoms with van der Waals surface area (Å²) in [5.41, 5.74) is 5.24. The summed E-state index contributed by atoms with van der Waals surface area (Å²) in [6, 6.07) is -0.0468. The zero-order valence-electron chi connectivity index (χ0n) is 13.1. The molecule has 0 aromatic carbocycles. The Labute approximate surface area is 117 Å². The topological polar surface area (TPSA) is 79.6 Å². The van der Waals surface area contributed by atoms with Gasteiger partial charge in [-0.3, -0.25) is 0 Å². The highest BCUT2D eigenvalue weighted by atomic mass is 16.6. The quantitative estimate of drug-likeness (QED) is 0.625. The molecule has 19 heavy (non-hydrogen) atoms. The lowest BCUT2D eigenvalue weighted by Gasteiger charge is -2.27. The van der Waals surface area contributed by atoms with Crippen LogP contribution in [0.3, 0.4) is 0 Å². The summed E-state index contributed by atoms with van der Waals surface area (Å²) >= 11 is 0. The molecule has 2 atom stereocenters. The van der Waals surface area contributed by atoms with E-state index < -0.39 is 11.7 Å². The minimum absolute atomic E-state index is 0.0347. The minimum atomic E-state index is -0.486. The van der Waals surface area contributed by atoms with Gasteiger partial charge in [0.2, 0.25) is 0 Å². The molecule has 0 radical (unpaired) electrons. The highest BCUT2D eigenvalue weighted by Crippen LogP contribution is 2.07. The molecule has 0 saturated heterocycles. The summed E-state index contributed by atoms with van der Waals surface area (Å²) in [5.74, 6) is 0. The minimum Gasteiger partial charge on any atom is -0.444 e. The molecule has 0 aliphatic carbocycles. The van der Waals surface area contributed by atoms with Crippen LogP contribution in [0.25, 0.3) is 0 Å². The van der Waals surface area contributed by atoms with E-state index >= 15 is 0 Å². The highest BCUT2D eigenvalue weighted by Gasteiger charge is 2.21. The fraction of sp³-hybridized carbons (Fsp3) is 0.923. The number of nitrogens with two attached hydrogens (primary N) is 1. The Hall–Kier alpha value is -0.850. The van der Waals surface area contributed by atoms with E-state index in [1.54, 1.807) is 0 Å². The standard InChI is InChI=1S/C13H30N4O2/c1-10(16-12(18)19-13(2,3)4)11(9-14)15-7-8-17(5)6/h10-11,15H,7-9,14H2,1-6H3,(H,16,18). The summed E-state index contributed by atoms with van der Waals surface area (Å²) in [4.78, 5) is 13.8. The van der Waals surface area contributed by atoms with Crippen molar-refractivity contribution in [1.82, 2.24) is 15.5 Å². The predicted octanol–water partition coefficient (Wildman–Crippen LogP) is 0.378. The Morgan fingerprint density at radius 1 is 1.37 bits per heavy atom. The number of likely N-dealkylation sites (N-methyl/N-ethyl adjacent to an activating group) is 1. The number of carbonyl (C=O) groups excluding carboxylic acids is 1. The largest absolute Gasteiger partial charge is 0.444 e. The average molecular weight is 274 g/mol. The van der Waals surface area contributed by atoms with Crippen molar-refractivity contribution in [2.24, 2.45) is 5.73 Å². The van der Waals surface area contributed by atoms with Gasteiger partial charge in [-0.05, 0) is 41.8 Å². The van der Waals surface area contributed by atoms with Gasteiger partial charge in [0, 0.05) is 31.7 Å². The molecule has 0 heterocycles. The van der Waals surface area contributed by atoms with Crippen LogP contribution in [0.2, 0.25) is 0 Å². The highest BCUT2D eigenvalue weighted by molar-refractivity contribution is 5.68. The van der Waals surface area contributed by atoms with Crippen LogP contribution in [0.15, 0.2) is 0 Å². The number of hydrogen-bond donors (Lipinski definition) is 3. The maximum absolute atomic E-state index is 11.7. The van der Waals surface area contributed by atoms with Gasteiger partial charge in [0.15, 0.2) is 0 Å². The Bertz CT molecular complexity index is 264. The molecule has 4 N–H and O–H groups in total. The van der Waals surface area contributed by atoms with Gasteiger partial charge >= 0.3 is 6.09 Å². The van der Waals surface area contributed by atoms with Crippen molar-refractivity contribution in [1.29, 1.82) is 0 Å². The Morgan fingerprint density at radius 2 is 1.95 bits per heavy atom. The normalized spacial score (nSPS) is 15.2. The van der Waals surface area contributed by atoms with E-state index in [9.17, 15) is 4.79 Å². The van der Waals surface area contributed by atoms with Crippen LogP contribution in [-0.2, 0) is 4.74 Å². The summed E-state index contributed by atoms with van der Waals surface area (Å²) in [5, 5.41) is 6.14. The molecule has 0 fully saturated rings. The van der Waals surface area contributed by atoms with Gasteiger partial charge < -0.3 is 26.0 Å². The Balaban J connectivity index is 4.13. The third kappa shape index (κ3) is 9.69. The van der Waals surface area contributed by atoms with Gasteiger partial charge in [0.05, 0.1) is 0 Å². The molecule has 0 aromatic rings. The molecule has 0 aliphatic rings. The summed E-state index contributed by atoms with van der Waals surface area (Å²) in [6.45, 7) is 9.66. The third-order valence-electron chi connectivity index (χ3n) is 2.57. The molecule has 114 valence electrons. The molecular formula is C13H30N4O2. The first-order chi connectivity index (χ1) is 8.65. The average Bonchev–Trinajstić information content (AvgIpc) is 2.20. The summed E-state index contributed by atoms with van der Waals surface area (Å²) < 4.78 is 5.22. The van der Waals surface area contributed by atoms with E-state index in [-0.39, 0.29) is 12.1 Å². The van der Waals surface area contributed by atoms with Crippen LogP contribution in [0.5, 0.6) is 0 Å². The van der Waals surface area contributed by atoms with Crippen LogP contribution < -0.4 is 16.4 Å². The van der Waals surface area contributed by atoms with E-state index in [2.05, 4.69) is 15.5 Å². The fourth-order valence-corrected chi connectivity index (χ4v) is 1.53. The van der Waals surface area contributed by atoms with Gasteiger partial charge in [-0.1, -0.05) is 0 Å². The summed E-state index contributed by atoms with van der Waals surface area (Å²) in [7, 11) is 4.03. The van der Waals surface area contributed by atoms with Gasteiger partial charge in [0.1, 0.15) is 5.60 Å². The van der Waals surface area contributed by atoms with Crippen LogP contribution in [-0.4, -0.2) is 62.4 Å². The zero-order chi connectivity index (χ0) is 15.1. The molecule has 0 aromatic heterocycles. The van der Waals surface area contributed by atoms with Crippen molar-refractivity contribution >= 4 is 6.09 Å². The number of nitrogens with zero attached hydrogens (tertiary/aromatic N) is 1. The van der Waals surface area contributed by atoms with E-state index in [0.717, 1.165) is 13.1 Å². The zero-order valence-corrected chi connectivity index (χ0v) is 13.1. The smallest absolute Gasteiger partial charge is 0.407 e. The SMILES string of the molecule is CC(NC(=O)OC(C)(C)C)C(CN)NCCN(C)C. The first-order valence-electron chi connectivity index (χ1n) is 6.73. The van der Waals surface area contributed by atoms with E-state index in [1.165, 1.54) is 0 Å². The lowest BCUT2D eigenvalue weighted by atomic mass is 10.1. The van der Waals surface area contributed by atoms with Crippen molar-refractivity contribution in [2.75, 3.05) is 33.7 Å². The first-order valence-corrected chi connectivity index (χ1v) is 6.73. The van der Waals surface area contributed by atoms with Crippen LogP contribution >= 0.6 is 0 Å². The number of hydrogen-bond acceptors (Lipinski definition) is 5. The van der Waals surface area contributed by atoms with E-state index in [4.69, 9.17) is 10.5 Å². The van der Waals surface area contributed by atoms with E-state index in [0.29, 0.717) is 6.54 Å². The molecule has 0 bridgehead atoms. The summed E-state index contributed by atoms with van der Waals surface area (Å²) in [6.07, 6.45) is -0.409. The van der Waals surface area contributed by atoms with Gasteiger partial charge in [-0.2, -0.15) is 0 Å². The Kier molecular flexibility index (Phi) is 7.97. The second kappa shape index (κ2) is 8.35. The number of ether oxygens (including phenoxy) is 1. The van der Waals surface area contributed by atoms with Gasteiger partial charge in [0.25, 0.3) is 0 Å². The second-order valence-corrected chi connectivity index (χ2v) is 6.03. The molecule has 6 heteroatoms. The number of alkyl carbamates (subject to hydrolysis) is 1. The molecule has 2 unspecified atom stereocenters. The van der Waals surface area contributed by atoms with Crippen LogP contribution in [0, 0.1) is 0 Å². The lowest BCUT2D eigenvalue weighted by Crippen LogP contribution is -2.53. The van der Waals surface area contributed by atoms with Crippen LogP contribution in [0.1, 0.15) is 27.7 Å². The maximum Gasteiger partial charge on any atom is 0.407 e.